The first-order valence-electron chi connectivity index (χ1n) is 11.2. The molecule has 0 saturated carbocycles. The molecule has 0 saturated heterocycles. The highest BCUT2D eigenvalue weighted by Gasteiger charge is 2.33. The molecular formula is C25H38O6P2. The van der Waals surface area contributed by atoms with Gasteiger partial charge in [-0.3, -0.25) is 9.13 Å². The average molecular weight is 497 g/mol. The summed E-state index contributed by atoms with van der Waals surface area (Å²) in [5.74, 6) is 0.554. The van der Waals surface area contributed by atoms with Crippen LogP contribution in [0.1, 0.15) is 54.9 Å². The summed E-state index contributed by atoms with van der Waals surface area (Å²) in [6, 6.07) is 12.5. The van der Waals surface area contributed by atoms with Crippen LogP contribution in [-0.4, -0.2) is 21.3 Å². The zero-order valence-electron chi connectivity index (χ0n) is 20.6. The molecule has 0 radical (unpaired) electrons. The first kappa shape index (κ1) is 28.0. The van der Waals surface area contributed by atoms with Crippen molar-refractivity contribution in [2.75, 3.05) is 6.61 Å². The lowest BCUT2D eigenvalue weighted by Gasteiger charge is -2.37. The van der Waals surface area contributed by atoms with Gasteiger partial charge < -0.3 is 19.2 Å². The van der Waals surface area contributed by atoms with Crippen LogP contribution in [0.3, 0.4) is 0 Å². The highest BCUT2D eigenvalue weighted by atomic mass is 31.2. The van der Waals surface area contributed by atoms with E-state index in [0.717, 1.165) is 17.5 Å². The summed E-state index contributed by atoms with van der Waals surface area (Å²) in [7, 11) is -8.29. The quantitative estimate of drug-likeness (QED) is 0.404. The minimum absolute atomic E-state index is 0.0506. The summed E-state index contributed by atoms with van der Waals surface area (Å²) in [6.45, 7) is 15.4. The third kappa shape index (κ3) is 7.89. The Labute approximate surface area is 198 Å². The van der Waals surface area contributed by atoms with Gasteiger partial charge in [-0.25, -0.2) is 0 Å². The monoisotopic (exact) mass is 496 g/mol. The van der Waals surface area contributed by atoms with E-state index in [1.807, 2.05) is 0 Å². The molecule has 0 spiro atoms. The Morgan fingerprint density at radius 3 is 1.55 bits per heavy atom. The van der Waals surface area contributed by atoms with Gasteiger partial charge >= 0.3 is 15.2 Å². The first-order valence-corrected chi connectivity index (χ1v) is 14.3. The van der Waals surface area contributed by atoms with Gasteiger partial charge in [0.05, 0.1) is 17.2 Å². The van der Waals surface area contributed by atoms with Crippen LogP contribution in [0, 0.1) is 22.7 Å². The van der Waals surface area contributed by atoms with Crippen molar-refractivity contribution in [3.05, 3.63) is 48.5 Å². The predicted octanol–water partition coefficient (Wildman–Crippen LogP) is 5.72. The SMILES string of the molecule is CC(CC(COP(=O)(O)c1ccc(-c2ccc(P(=O)(O)O)cc2)cc1)C(C)(C)C)C(C)(C)C. The van der Waals surface area contributed by atoms with E-state index in [2.05, 4.69) is 48.5 Å². The molecule has 3 unspecified atom stereocenters. The molecular weight excluding hydrogens is 458 g/mol. The molecule has 0 amide bonds. The fourth-order valence-electron chi connectivity index (χ4n) is 3.41. The minimum Gasteiger partial charge on any atom is -0.321 e. The van der Waals surface area contributed by atoms with E-state index in [0.29, 0.717) is 5.92 Å². The van der Waals surface area contributed by atoms with Crippen molar-refractivity contribution in [1.82, 2.24) is 0 Å². The predicted molar refractivity (Wildman–Crippen MR) is 135 cm³/mol. The second kappa shape index (κ2) is 10.2. The van der Waals surface area contributed by atoms with Gasteiger partial charge in [-0.1, -0.05) is 72.7 Å². The fourth-order valence-corrected chi connectivity index (χ4v) is 5.00. The third-order valence-electron chi connectivity index (χ3n) is 6.52. The zero-order chi connectivity index (χ0) is 25.2. The van der Waals surface area contributed by atoms with Crippen molar-refractivity contribution < 1.29 is 28.3 Å². The summed E-state index contributed by atoms with van der Waals surface area (Å²) in [5.41, 5.74) is 1.59. The minimum atomic E-state index is -4.29. The Bertz CT molecular complexity index is 1010. The normalized spacial score (nSPS) is 16.8. The van der Waals surface area contributed by atoms with E-state index in [9.17, 15) is 23.8 Å². The first-order chi connectivity index (χ1) is 14.9. The molecule has 2 aromatic carbocycles. The van der Waals surface area contributed by atoms with Crippen LogP contribution in [0.15, 0.2) is 48.5 Å². The average Bonchev–Trinajstić information content (AvgIpc) is 2.69. The van der Waals surface area contributed by atoms with Gasteiger partial charge in [0, 0.05) is 0 Å². The topological polar surface area (TPSA) is 104 Å². The summed E-state index contributed by atoms with van der Waals surface area (Å²) < 4.78 is 30.0. The molecule has 2 aromatic rings. The molecule has 2 rings (SSSR count). The van der Waals surface area contributed by atoms with Gasteiger partial charge in [0.15, 0.2) is 0 Å². The molecule has 0 aliphatic heterocycles. The van der Waals surface area contributed by atoms with Gasteiger partial charge in [0.25, 0.3) is 0 Å². The maximum absolute atomic E-state index is 13.0. The van der Waals surface area contributed by atoms with Crippen molar-refractivity contribution in [2.45, 2.75) is 54.9 Å². The number of benzene rings is 2. The van der Waals surface area contributed by atoms with Gasteiger partial charge in [-0.05, 0) is 64.5 Å². The second-order valence-electron chi connectivity index (χ2n) is 11.0. The van der Waals surface area contributed by atoms with Gasteiger partial charge in [0.2, 0.25) is 0 Å². The second-order valence-corrected chi connectivity index (χ2v) is 14.4. The molecule has 0 aliphatic rings. The van der Waals surface area contributed by atoms with Crippen LogP contribution < -0.4 is 10.6 Å². The Balaban J connectivity index is 2.14. The molecule has 0 fully saturated rings. The van der Waals surface area contributed by atoms with E-state index in [-0.39, 0.29) is 34.0 Å². The van der Waals surface area contributed by atoms with Gasteiger partial charge in [-0.2, -0.15) is 0 Å². The molecule has 0 heterocycles. The molecule has 3 N–H and O–H groups in total. The maximum atomic E-state index is 13.0. The van der Waals surface area contributed by atoms with Crippen LogP contribution in [0.4, 0.5) is 0 Å². The highest BCUT2D eigenvalue weighted by Crippen LogP contribution is 2.45. The molecule has 6 nitrogen and oxygen atoms in total. The summed E-state index contributed by atoms with van der Waals surface area (Å²) in [5, 5.41) is 0.167. The lowest BCUT2D eigenvalue weighted by molar-refractivity contribution is 0.0912. The van der Waals surface area contributed by atoms with Crippen molar-refractivity contribution >= 4 is 25.8 Å². The van der Waals surface area contributed by atoms with Crippen LogP contribution in [0.5, 0.6) is 0 Å². The number of hydrogen-bond donors (Lipinski definition) is 3. The van der Waals surface area contributed by atoms with Gasteiger partial charge in [0.1, 0.15) is 0 Å². The Hall–Kier alpha value is -1.26. The van der Waals surface area contributed by atoms with Crippen molar-refractivity contribution in [3.8, 4) is 11.1 Å². The fraction of sp³-hybridized carbons (Fsp3) is 0.520. The standard InChI is InChI=1S/C25H38O6P2/c1-18(24(2,3)4)16-21(25(5,6)7)17-31-33(29,30)23-14-10-20(11-15-23)19-8-12-22(13-9-19)32(26,27)28/h8-15,18,21H,16-17H2,1-7H3,(H,29,30)(H2,26,27,28). The number of rotatable bonds is 8. The molecule has 8 heteroatoms. The van der Waals surface area contributed by atoms with E-state index < -0.39 is 15.2 Å². The Morgan fingerprint density at radius 2 is 1.18 bits per heavy atom. The summed E-state index contributed by atoms with van der Waals surface area (Å²) >= 11 is 0. The van der Waals surface area contributed by atoms with Crippen LogP contribution >= 0.6 is 15.2 Å². The van der Waals surface area contributed by atoms with E-state index in [4.69, 9.17) is 4.52 Å². The molecule has 0 aliphatic carbocycles. The summed E-state index contributed by atoms with van der Waals surface area (Å²) in [6.07, 6.45) is 0.899. The molecule has 0 aromatic heterocycles. The van der Waals surface area contributed by atoms with Crippen molar-refractivity contribution in [2.24, 2.45) is 22.7 Å². The van der Waals surface area contributed by atoms with Gasteiger partial charge in [-0.15, -0.1) is 0 Å². The molecule has 0 bridgehead atoms. The van der Waals surface area contributed by atoms with Crippen LogP contribution in [0.25, 0.3) is 11.1 Å². The Kier molecular flexibility index (Phi) is 8.61. The van der Waals surface area contributed by atoms with E-state index >= 15 is 0 Å². The molecule has 184 valence electrons. The van der Waals surface area contributed by atoms with Crippen LogP contribution in [0.2, 0.25) is 0 Å². The smallest absolute Gasteiger partial charge is 0.321 e. The van der Waals surface area contributed by atoms with E-state index in [1.54, 1.807) is 36.4 Å². The van der Waals surface area contributed by atoms with Crippen LogP contribution in [-0.2, 0) is 13.7 Å². The number of hydrogen-bond acceptors (Lipinski definition) is 3. The molecule has 33 heavy (non-hydrogen) atoms. The van der Waals surface area contributed by atoms with Crippen molar-refractivity contribution in [3.63, 3.8) is 0 Å². The zero-order valence-corrected chi connectivity index (χ0v) is 22.4. The largest absolute Gasteiger partial charge is 0.358 e. The maximum Gasteiger partial charge on any atom is 0.358 e. The third-order valence-corrected chi connectivity index (χ3v) is 8.94. The molecule has 3 atom stereocenters. The lowest BCUT2D eigenvalue weighted by Crippen LogP contribution is -2.30. The Morgan fingerprint density at radius 1 is 0.758 bits per heavy atom. The summed E-state index contributed by atoms with van der Waals surface area (Å²) in [4.78, 5) is 29.1. The van der Waals surface area contributed by atoms with Crippen molar-refractivity contribution in [1.29, 1.82) is 0 Å². The van der Waals surface area contributed by atoms with E-state index in [1.165, 1.54) is 12.1 Å². The highest BCUT2D eigenvalue weighted by molar-refractivity contribution is 7.61. The lowest BCUT2D eigenvalue weighted by atomic mass is 9.70.